The molecule has 3 aromatic carbocycles. The molecule has 0 atom stereocenters. The second-order valence-corrected chi connectivity index (χ2v) is 9.59. The van der Waals surface area contributed by atoms with Gasteiger partial charge in [0.25, 0.3) is 0 Å². The number of rotatable bonds is 14. The van der Waals surface area contributed by atoms with Crippen LogP contribution < -0.4 is 16.2 Å². The van der Waals surface area contributed by atoms with Crippen molar-refractivity contribution in [3.05, 3.63) is 95.1 Å². The van der Waals surface area contributed by atoms with Gasteiger partial charge < -0.3 is 25.7 Å². The third kappa shape index (κ3) is 11.7. The van der Waals surface area contributed by atoms with E-state index in [0.717, 1.165) is 6.08 Å². The minimum atomic E-state index is -4.21. The van der Waals surface area contributed by atoms with Gasteiger partial charge in [-0.1, -0.05) is 24.3 Å². The average molecular weight is 607 g/mol. The molecular formula is C31H31F5N2O5. The number of benzene rings is 3. The summed E-state index contributed by atoms with van der Waals surface area (Å²) in [6.07, 6.45) is -5.26. The Balaban J connectivity index is 1.39. The van der Waals surface area contributed by atoms with Crippen molar-refractivity contribution < 1.29 is 45.8 Å². The molecule has 4 N–H and O–H groups in total. The van der Waals surface area contributed by atoms with Crippen molar-refractivity contribution in [3.8, 4) is 5.75 Å². The zero-order valence-electron chi connectivity index (χ0n) is 23.0. The van der Waals surface area contributed by atoms with Crippen molar-refractivity contribution in [2.45, 2.75) is 44.4 Å². The van der Waals surface area contributed by atoms with E-state index in [2.05, 4.69) is 0 Å². The summed E-state index contributed by atoms with van der Waals surface area (Å²) in [7, 11) is 0. The predicted molar refractivity (Wildman–Crippen MR) is 151 cm³/mol. The van der Waals surface area contributed by atoms with E-state index in [4.69, 9.17) is 25.7 Å². The van der Waals surface area contributed by atoms with Crippen molar-refractivity contribution in [3.63, 3.8) is 0 Å². The van der Waals surface area contributed by atoms with Crippen LogP contribution in [0, 0.1) is 0 Å². The molecule has 43 heavy (non-hydrogen) atoms. The number of ether oxygens (including phenoxy) is 3. The molecule has 0 heterocycles. The van der Waals surface area contributed by atoms with Crippen LogP contribution in [0.5, 0.6) is 5.75 Å². The number of hydrogen-bond donors (Lipinski definition) is 2. The Morgan fingerprint density at radius 1 is 0.767 bits per heavy atom. The van der Waals surface area contributed by atoms with E-state index in [1.54, 1.807) is 0 Å². The molecule has 3 rings (SSSR count). The molecule has 0 aliphatic rings. The van der Waals surface area contributed by atoms with Crippen LogP contribution in [0.25, 0.3) is 6.08 Å². The topological polar surface area (TPSA) is 114 Å². The monoisotopic (exact) mass is 606 g/mol. The Kier molecular flexibility index (Phi) is 11.5. The highest BCUT2D eigenvalue weighted by atomic mass is 19.4. The number of carbonyl (C=O) groups is 2. The van der Waals surface area contributed by atoms with Crippen molar-refractivity contribution in [1.29, 1.82) is 0 Å². The quantitative estimate of drug-likeness (QED) is 0.0664. The van der Waals surface area contributed by atoms with Gasteiger partial charge >= 0.3 is 24.2 Å². The van der Waals surface area contributed by atoms with Crippen LogP contribution in [0.2, 0.25) is 0 Å². The summed E-state index contributed by atoms with van der Waals surface area (Å²) in [5.41, 5.74) is 12.9. The fourth-order valence-electron chi connectivity index (χ4n) is 3.86. The maximum atomic E-state index is 14.6. The molecule has 0 aliphatic heterocycles. The lowest BCUT2D eigenvalue weighted by molar-refractivity contribution is -0.185. The van der Waals surface area contributed by atoms with Crippen LogP contribution in [0.4, 0.5) is 33.3 Å². The maximum absolute atomic E-state index is 14.6. The molecular weight excluding hydrogens is 575 g/mol. The summed E-state index contributed by atoms with van der Waals surface area (Å²) in [5, 5.41) is 0. The third-order valence-corrected chi connectivity index (χ3v) is 5.98. The van der Waals surface area contributed by atoms with Crippen LogP contribution in [-0.2, 0) is 26.8 Å². The van der Waals surface area contributed by atoms with Crippen molar-refractivity contribution in [2.75, 3.05) is 24.7 Å². The highest BCUT2D eigenvalue weighted by molar-refractivity contribution is 5.91. The number of anilines is 2. The summed E-state index contributed by atoms with van der Waals surface area (Å²) in [6, 6.07) is 15.2. The number of nitrogen functional groups attached to an aromatic ring is 2. The molecule has 0 spiro atoms. The van der Waals surface area contributed by atoms with Crippen LogP contribution in [-0.4, -0.2) is 31.3 Å². The van der Waals surface area contributed by atoms with Gasteiger partial charge in [-0.05, 0) is 78.9 Å². The van der Waals surface area contributed by atoms with Crippen LogP contribution in [0.15, 0.2) is 72.8 Å². The van der Waals surface area contributed by atoms with Gasteiger partial charge in [-0.2, -0.15) is 22.0 Å². The van der Waals surface area contributed by atoms with Crippen LogP contribution in [0.3, 0.4) is 0 Å². The number of alkyl halides is 5. The zero-order valence-corrected chi connectivity index (χ0v) is 23.0. The number of aryl methyl sites for hydroxylation is 1. The first kappa shape index (κ1) is 32.9. The zero-order chi connectivity index (χ0) is 31.5. The molecule has 0 bridgehead atoms. The largest absolute Gasteiger partial charge is 0.462 e. The first-order valence-electron chi connectivity index (χ1n) is 13.3. The van der Waals surface area contributed by atoms with Gasteiger partial charge in [0.1, 0.15) is 5.75 Å². The molecule has 230 valence electrons. The average Bonchev–Trinajstić information content (AvgIpc) is 2.94. The second-order valence-electron chi connectivity index (χ2n) is 9.59. The first-order chi connectivity index (χ1) is 20.3. The Morgan fingerprint density at radius 3 is 2.02 bits per heavy atom. The summed E-state index contributed by atoms with van der Waals surface area (Å²) in [6.45, 7) is 0.00253. The van der Waals surface area contributed by atoms with E-state index in [1.807, 2.05) is 0 Å². The molecule has 3 aromatic rings. The lowest BCUT2D eigenvalue weighted by Gasteiger charge is -2.18. The van der Waals surface area contributed by atoms with Gasteiger partial charge in [-0.25, -0.2) is 9.59 Å². The lowest BCUT2D eigenvalue weighted by atomic mass is 10.0. The van der Waals surface area contributed by atoms with Gasteiger partial charge in [0, 0.05) is 30.3 Å². The highest BCUT2D eigenvalue weighted by Gasteiger charge is 2.34. The molecule has 0 aromatic heterocycles. The first-order valence-corrected chi connectivity index (χ1v) is 13.3. The van der Waals surface area contributed by atoms with Crippen LogP contribution >= 0.6 is 0 Å². The van der Waals surface area contributed by atoms with Gasteiger partial charge in [-0.15, -0.1) is 0 Å². The Morgan fingerprint density at radius 2 is 1.40 bits per heavy atom. The van der Waals surface area contributed by atoms with E-state index >= 15 is 0 Å². The van der Waals surface area contributed by atoms with E-state index in [0.29, 0.717) is 35.3 Å². The Hall–Kier alpha value is -4.61. The molecule has 12 heteroatoms. The van der Waals surface area contributed by atoms with E-state index in [1.165, 1.54) is 72.8 Å². The smallest absolute Gasteiger partial charge is 0.426 e. The summed E-state index contributed by atoms with van der Waals surface area (Å²) >= 11 is 0. The molecule has 0 saturated carbocycles. The fourth-order valence-corrected chi connectivity index (χ4v) is 3.86. The SMILES string of the molecule is Nc1cc(N)cc(C(=O)OCCCOC(=O)/C=C/c2ccc(OC(F)(F)c3ccc(CCCCC(F)(F)F)cc3)cc2)c1. The van der Waals surface area contributed by atoms with Gasteiger partial charge in [0.05, 0.1) is 24.3 Å². The van der Waals surface area contributed by atoms with E-state index < -0.39 is 36.2 Å². The molecule has 0 aliphatic carbocycles. The summed E-state index contributed by atoms with van der Waals surface area (Å²) in [4.78, 5) is 24.0. The van der Waals surface area contributed by atoms with Crippen molar-refractivity contribution >= 4 is 29.4 Å². The number of hydrogen-bond acceptors (Lipinski definition) is 7. The molecule has 0 unspecified atom stereocenters. The number of nitrogens with two attached hydrogens (primary N) is 2. The predicted octanol–water partition coefficient (Wildman–Crippen LogP) is 7.06. The van der Waals surface area contributed by atoms with E-state index in [9.17, 15) is 31.5 Å². The molecule has 7 nitrogen and oxygen atoms in total. The minimum Gasteiger partial charge on any atom is -0.462 e. The van der Waals surface area contributed by atoms with Crippen molar-refractivity contribution in [2.24, 2.45) is 0 Å². The summed E-state index contributed by atoms with van der Waals surface area (Å²) < 4.78 is 81.0. The fraction of sp³-hybridized carbons (Fsp3) is 0.290. The Labute approximate surface area is 245 Å². The lowest BCUT2D eigenvalue weighted by Crippen LogP contribution is -2.21. The Bertz CT molecular complexity index is 1370. The van der Waals surface area contributed by atoms with Crippen LogP contribution in [0.1, 0.15) is 52.7 Å². The molecule has 0 fully saturated rings. The van der Waals surface area contributed by atoms with Gasteiger partial charge in [-0.3, -0.25) is 0 Å². The summed E-state index contributed by atoms with van der Waals surface area (Å²) in [5.74, 6) is -1.37. The second kappa shape index (κ2) is 15.0. The maximum Gasteiger partial charge on any atom is 0.426 e. The number of unbranched alkanes of at least 4 members (excludes halogenated alkanes) is 1. The molecule has 0 radical (unpaired) electrons. The number of carbonyl (C=O) groups excluding carboxylic acids is 2. The minimum absolute atomic E-state index is 0.00355. The number of halogens is 5. The van der Waals surface area contributed by atoms with Crippen molar-refractivity contribution in [1.82, 2.24) is 0 Å². The molecule has 0 amide bonds. The highest BCUT2D eigenvalue weighted by Crippen LogP contribution is 2.32. The van der Waals surface area contributed by atoms with E-state index in [-0.39, 0.29) is 37.4 Å². The molecule has 0 saturated heterocycles. The normalized spacial score (nSPS) is 11.8. The standard InChI is InChI=1S/C31H31F5N2O5/c32-30(33,34)15-2-1-4-21-5-10-24(11-6-21)31(35,36)43-27-12-7-22(8-13-27)9-14-28(39)41-16-3-17-42-29(40)23-18-25(37)20-26(38)19-23/h5-14,18-20H,1-4,15-17,37-38H2/b14-9+. The van der Waals surface area contributed by atoms with Gasteiger partial charge in [0.2, 0.25) is 0 Å². The van der Waals surface area contributed by atoms with Gasteiger partial charge in [0.15, 0.2) is 0 Å². The number of esters is 2. The third-order valence-electron chi connectivity index (χ3n) is 5.98.